The molecule has 0 amide bonds. The maximum atomic E-state index is 6.16. The minimum atomic E-state index is 0.730. The van der Waals surface area contributed by atoms with E-state index in [4.69, 9.17) is 11.6 Å². The fourth-order valence-electron chi connectivity index (χ4n) is 2.08. The highest BCUT2D eigenvalue weighted by Crippen LogP contribution is 2.20. The van der Waals surface area contributed by atoms with Crippen molar-refractivity contribution in [2.24, 2.45) is 0 Å². The third-order valence-corrected chi connectivity index (χ3v) is 3.37. The molecule has 0 spiro atoms. The number of aromatic nitrogens is 2. The van der Waals surface area contributed by atoms with E-state index in [0.29, 0.717) is 0 Å². The first kappa shape index (κ1) is 11.3. The molecule has 0 unspecified atom stereocenters. The van der Waals surface area contributed by atoms with Crippen molar-refractivity contribution in [3.05, 3.63) is 64.4 Å². The minimum Gasteiger partial charge on any atom is -0.342 e. The van der Waals surface area contributed by atoms with Gasteiger partial charge in [0.15, 0.2) is 0 Å². The summed E-state index contributed by atoms with van der Waals surface area (Å²) < 4.78 is 0. The summed E-state index contributed by atoms with van der Waals surface area (Å²) in [5, 5.41) is 0.786. The Balaban J connectivity index is 1.98. The molecule has 1 aromatic heterocycles. The van der Waals surface area contributed by atoms with Crippen molar-refractivity contribution in [1.82, 2.24) is 9.97 Å². The Morgan fingerprint density at radius 1 is 1.17 bits per heavy atom. The van der Waals surface area contributed by atoms with E-state index in [9.17, 15) is 0 Å². The molecule has 0 saturated heterocycles. The second-order valence-electron chi connectivity index (χ2n) is 4.47. The predicted molar refractivity (Wildman–Crippen MR) is 75.1 cm³/mol. The Labute approximate surface area is 111 Å². The third kappa shape index (κ3) is 2.12. The van der Waals surface area contributed by atoms with E-state index in [2.05, 4.69) is 29.0 Å². The molecule has 18 heavy (non-hydrogen) atoms. The summed E-state index contributed by atoms with van der Waals surface area (Å²) in [6, 6.07) is 14.1. The van der Waals surface area contributed by atoms with Gasteiger partial charge in [-0.05, 0) is 36.2 Å². The van der Waals surface area contributed by atoms with Crippen LogP contribution in [0.1, 0.15) is 17.0 Å². The molecule has 3 heteroatoms. The first-order chi connectivity index (χ1) is 8.72. The highest BCUT2D eigenvalue weighted by molar-refractivity contribution is 6.31. The van der Waals surface area contributed by atoms with E-state index in [-0.39, 0.29) is 0 Å². The van der Waals surface area contributed by atoms with Crippen LogP contribution in [0.15, 0.2) is 42.5 Å². The molecule has 0 aliphatic heterocycles. The largest absolute Gasteiger partial charge is 0.342 e. The van der Waals surface area contributed by atoms with Crippen LogP contribution in [0.4, 0.5) is 0 Å². The SMILES string of the molecule is Cc1ccc2nc(Cc3ccccc3Cl)[nH]c2c1. The van der Waals surface area contributed by atoms with Gasteiger partial charge in [0.05, 0.1) is 11.0 Å². The van der Waals surface area contributed by atoms with Crippen LogP contribution in [-0.4, -0.2) is 9.97 Å². The number of benzene rings is 2. The highest BCUT2D eigenvalue weighted by Gasteiger charge is 2.06. The lowest BCUT2D eigenvalue weighted by molar-refractivity contribution is 1.04. The van der Waals surface area contributed by atoms with E-state index in [0.717, 1.165) is 33.9 Å². The average Bonchev–Trinajstić information content (AvgIpc) is 2.73. The predicted octanol–water partition coefficient (Wildman–Crippen LogP) is 4.12. The average molecular weight is 257 g/mol. The van der Waals surface area contributed by atoms with Gasteiger partial charge in [0.25, 0.3) is 0 Å². The summed E-state index contributed by atoms with van der Waals surface area (Å²) in [4.78, 5) is 7.92. The Kier molecular flexibility index (Phi) is 2.80. The fraction of sp³-hybridized carbons (Fsp3) is 0.133. The number of nitrogens with one attached hydrogen (secondary N) is 1. The van der Waals surface area contributed by atoms with Gasteiger partial charge in [-0.3, -0.25) is 0 Å². The topological polar surface area (TPSA) is 28.7 Å². The quantitative estimate of drug-likeness (QED) is 0.734. The summed E-state index contributed by atoms with van der Waals surface area (Å²) in [6.45, 7) is 2.08. The zero-order valence-corrected chi connectivity index (χ0v) is 10.8. The number of aryl methyl sites for hydroxylation is 1. The summed E-state index contributed by atoms with van der Waals surface area (Å²) >= 11 is 6.16. The Morgan fingerprint density at radius 3 is 2.83 bits per heavy atom. The summed E-state index contributed by atoms with van der Waals surface area (Å²) in [7, 11) is 0. The number of fused-ring (bicyclic) bond motifs is 1. The maximum Gasteiger partial charge on any atom is 0.111 e. The molecule has 0 saturated carbocycles. The van der Waals surface area contributed by atoms with E-state index in [1.807, 2.05) is 30.3 Å². The number of nitrogens with zero attached hydrogens (tertiary/aromatic N) is 1. The van der Waals surface area contributed by atoms with Crippen LogP contribution >= 0.6 is 11.6 Å². The monoisotopic (exact) mass is 256 g/mol. The van der Waals surface area contributed by atoms with Crippen LogP contribution in [0.25, 0.3) is 11.0 Å². The summed E-state index contributed by atoms with van der Waals surface area (Å²) in [6.07, 6.45) is 0.730. The van der Waals surface area contributed by atoms with E-state index >= 15 is 0 Å². The van der Waals surface area contributed by atoms with Gasteiger partial charge in [-0.25, -0.2) is 4.98 Å². The van der Waals surface area contributed by atoms with Crippen molar-refractivity contribution in [1.29, 1.82) is 0 Å². The summed E-state index contributed by atoms with van der Waals surface area (Å²) in [5.41, 5.74) is 4.41. The third-order valence-electron chi connectivity index (χ3n) is 3.00. The van der Waals surface area contributed by atoms with Crippen molar-refractivity contribution in [3.8, 4) is 0 Å². The molecule has 0 aliphatic rings. The molecule has 0 bridgehead atoms. The molecule has 2 nitrogen and oxygen atoms in total. The first-order valence-corrected chi connectivity index (χ1v) is 6.29. The molecule has 0 atom stereocenters. The Bertz CT molecular complexity index is 701. The number of halogens is 1. The molecule has 0 aliphatic carbocycles. The van der Waals surface area contributed by atoms with E-state index in [1.54, 1.807) is 0 Å². The Hall–Kier alpha value is -1.80. The van der Waals surface area contributed by atoms with Gasteiger partial charge in [0, 0.05) is 11.4 Å². The maximum absolute atomic E-state index is 6.16. The second-order valence-corrected chi connectivity index (χ2v) is 4.88. The van der Waals surface area contributed by atoms with Crippen LogP contribution in [0, 0.1) is 6.92 Å². The van der Waals surface area contributed by atoms with Crippen molar-refractivity contribution in [2.45, 2.75) is 13.3 Å². The van der Waals surface area contributed by atoms with Crippen molar-refractivity contribution < 1.29 is 0 Å². The number of aromatic amines is 1. The zero-order chi connectivity index (χ0) is 12.5. The van der Waals surface area contributed by atoms with Crippen molar-refractivity contribution in [3.63, 3.8) is 0 Å². The van der Waals surface area contributed by atoms with Crippen LogP contribution in [0.3, 0.4) is 0 Å². The van der Waals surface area contributed by atoms with Crippen molar-refractivity contribution in [2.75, 3.05) is 0 Å². The molecular weight excluding hydrogens is 244 g/mol. The highest BCUT2D eigenvalue weighted by atomic mass is 35.5. The van der Waals surface area contributed by atoms with Gasteiger partial charge in [0.1, 0.15) is 5.82 Å². The molecule has 3 aromatic rings. The van der Waals surface area contributed by atoms with Crippen LogP contribution in [0.2, 0.25) is 5.02 Å². The van der Waals surface area contributed by atoms with Gasteiger partial charge < -0.3 is 4.98 Å². The second kappa shape index (κ2) is 4.46. The Morgan fingerprint density at radius 2 is 2.00 bits per heavy atom. The molecular formula is C15H13ClN2. The van der Waals surface area contributed by atoms with Gasteiger partial charge >= 0.3 is 0 Å². The lowest BCUT2D eigenvalue weighted by Gasteiger charge is -2.00. The van der Waals surface area contributed by atoms with Crippen molar-refractivity contribution >= 4 is 22.6 Å². The molecule has 1 N–H and O–H groups in total. The van der Waals surface area contributed by atoms with E-state index < -0.39 is 0 Å². The number of H-pyrrole nitrogens is 1. The van der Waals surface area contributed by atoms with Gasteiger partial charge in [-0.1, -0.05) is 35.9 Å². The van der Waals surface area contributed by atoms with Crippen LogP contribution in [-0.2, 0) is 6.42 Å². The smallest absolute Gasteiger partial charge is 0.111 e. The summed E-state index contributed by atoms with van der Waals surface area (Å²) in [5.74, 6) is 0.948. The number of hydrogen-bond acceptors (Lipinski definition) is 1. The lowest BCUT2D eigenvalue weighted by atomic mass is 10.1. The lowest BCUT2D eigenvalue weighted by Crippen LogP contribution is -1.91. The first-order valence-electron chi connectivity index (χ1n) is 5.91. The van der Waals surface area contributed by atoms with Gasteiger partial charge in [-0.15, -0.1) is 0 Å². The number of hydrogen-bond donors (Lipinski definition) is 1. The number of imidazole rings is 1. The zero-order valence-electron chi connectivity index (χ0n) is 10.1. The van der Waals surface area contributed by atoms with Crippen LogP contribution < -0.4 is 0 Å². The van der Waals surface area contributed by atoms with Crippen LogP contribution in [0.5, 0.6) is 0 Å². The minimum absolute atomic E-state index is 0.730. The molecule has 2 aromatic carbocycles. The molecule has 0 fully saturated rings. The van der Waals surface area contributed by atoms with Gasteiger partial charge in [0.2, 0.25) is 0 Å². The van der Waals surface area contributed by atoms with E-state index in [1.165, 1.54) is 5.56 Å². The molecule has 90 valence electrons. The molecule has 3 rings (SSSR count). The van der Waals surface area contributed by atoms with Gasteiger partial charge in [-0.2, -0.15) is 0 Å². The standard InChI is InChI=1S/C15H13ClN2/c1-10-6-7-13-14(8-10)18-15(17-13)9-11-4-2-3-5-12(11)16/h2-8H,9H2,1H3,(H,17,18). The molecule has 0 radical (unpaired) electrons. The normalized spacial score (nSPS) is 11.0. The fourth-order valence-corrected chi connectivity index (χ4v) is 2.28. The number of rotatable bonds is 2. The molecule has 1 heterocycles.